The molecule has 1 atom stereocenters. The van der Waals surface area contributed by atoms with Gasteiger partial charge in [0.05, 0.1) is 0 Å². The van der Waals surface area contributed by atoms with E-state index in [1.54, 1.807) is 0 Å². The molecule has 2 aliphatic rings. The Morgan fingerprint density at radius 2 is 1.90 bits per heavy atom. The summed E-state index contributed by atoms with van der Waals surface area (Å²) in [4.78, 5) is 0. The third kappa shape index (κ3) is 3.31. The van der Waals surface area contributed by atoms with Crippen molar-refractivity contribution >= 4 is 0 Å². The van der Waals surface area contributed by atoms with Gasteiger partial charge in [0.15, 0.2) is 0 Å². The molecule has 118 valence electrons. The van der Waals surface area contributed by atoms with Gasteiger partial charge in [0.25, 0.3) is 0 Å². The maximum absolute atomic E-state index is 5.81. The minimum atomic E-state index is 0.610. The molecule has 4 nitrogen and oxygen atoms in total. The van der Waals surface area contributed by atoms with Crippen molar-refractivity contribution in [2.45, 2.75) is 77.2 Å². The lowest BCUT2D eigenvalue weighted by Gasteiger charge is -2.29. The SMILES string of the molecule is CCCCC1CCC(c2nnc3n2CCC(CN)C3)CC1. The van der Waals surface area contributed by atoms with Crippen LogP contribution in [-0.2, 0) is 13.0 Å². The lowest BCUT2D eigenvalue weighted by molar-refractivity contribution is 0.289. The molecule has 4 heteroatoms. The van der Waals surface area contributed by atoms with Gasteiger partial charge >= 0.3 is 0 Å². The fraction of sp³-hybridized carbons (Fsp3) is 0.882. The molecule has 1 aliphatic carbocycles. The zero-order chi connectivity index (χ0) is 14.7. The molecule has 0 saturated heterocycles. The molecule has 2 N–H and O–H groups in total. The van der Waals surface area contributed by atoms with Crippen LogP contribution in [0, 0.1) is 11.8 Å². The minimum Gasteiger partial charge on any atom is -0.330 e. The average molecular weight is 290 g/mol. The third-order valence-corrected chi connectivity index (χ3v) is 5.60. The van der Waals surface area contributed by atoms with Crippen LogP contribution in [-0.4, -0.2) is 21.3 Å². The van der Waals surface area contributed by atoms with Gasteiger partial charge in [0, 0.05) is 18.9 Å². The quantitative estimate of drug-likeness (QED) is 0.905. The Balaban J connectivity index is 1.60. The molecule has 1 saturated carbocycles. The summed E-state index contributed by atoms with van der Waals surface area (Å²) in [6, 6.07) is 0. The largest absolute Gasteiger partial charge is 0.330 e. The van der Waals surface area contributed by atoms with E-state index in [-0.39, 0.29) is 0 Å². The Kier molecular flexibility index (Phi) is 4.94. The zero-order valence-corrected chi connectivity index (χ0v) is 13.4. The minimum absolute atomic E-state index is 0.610. The summed E-state index contributed by atoms with van der Waals surface area (Å²) < 4.78 is 2.41. The second-order valence-electron chi connectivity index (χ2n) is 7.08. The summed E-state index contributed by atoms with van der Waals surface area (Å²) >= 11 is 0. The van der Waals surface area contributed by atoms with Crippen molar-refractivity contribution in [3.63, 3.8) is 0 Å². The summed E-state index contributed by atoms with van der Waals surface area (Å²) in [5, 5.41) is 9.01. The van der Waals surface area contributed by atoms with Crippen LogP contribution in [0.5, 0.6) is 0 Å². The summed E-state index contributed by atoms with van der Waals surface area (Å²) in [5.41, 5.74) is 5.81. The van der Waals surface area contributed by atoms with Crippen molar-refractivity contribution in [2.75, 3.05) is 6.54 Å². The number of nitrogens with two attached hydrogens (primary N) is 1. The Morgan fingerprint density at radius 1 is 1.10 bits per heavy atom. The molecule has 1 aromatic rings. The Morgan fingerprint density at radius 3 is 2.62 bits per heavy atom. The molecule has 0 spiro atoms. The number of fused-ring (bicyclic) bond motifs is 1. The predicted octanol–water partition coefficient (Wildman–Crippen LogP) is 3.26. The second kappa shape index (κ2) is 6.91. The average Bonchev–Trinajstić information content (AvgIpc) is 2.96. The molecule has 1 aliphatic heterocycles. The molecule has 0 radical (unpaired) electrons. The third-order valence-electron chi connectivity index (χ3n) is 5.60. The van der Waals surface area contributed by atoms with E-state index in [1.807, 2.05) is 0 Å². The number of hydrogen-bond donors (Lipinski definition) is 1. The van der Waals surface area contributed by atoms with Gasteiger partial charge in [-0.1, -0.05) is 26.2 Å². The number of aromatic nitrogens is 3. The van der Waals surface area contributed by atoms with Crippen LogP contribution >= 0.6 is 0 Å². The van der Waals surface area contributed by atoms with Gasteiger partial charge in [0.2, 0.25) is 0 Å². The van der Waals surface area contributed by atoms with Crippen LogP contribution in [0.4, 0.5) is 0 Å². The van der Waals surface area contributed by atoms with Crippen molar-refractivity contribution in [3.8, 4) is 0 Å². The van der Waals surface area contributed by atoms with Gasteiger partial charge in [-0.2, -0.15) is 0 Å². The van der Waals surface area contributed by atoms with Crippen LogP contribution in [0.15, 0.2) is 0 Å². The highest BCUT2D eigenvalue weighted by Crippen LogP contribution is 2.38. The molecular formula is C17H30N4. The maximum Gasteiger partial charge on any atom is 0.136 e. The molecule has 0 amide bonds. The standard InChI is InChI=1S/C17H30N4/c1-2-3-4-13-5-7-15(8-6-13)17-20-19-16-11-14(12-18)9-10-21(16)17/h13-15H,2-12,18H2,1H3. The van der Waals surface area contributed by atoms with Gasteiger partial charge in [0.1, 0.15) is 11.6 Å². The Labute approximate surface area is 128 Å². The molecule has 1 fully saturated rings. The van der Waals surface area contributed by atoms with E-state index in [9.17, 15) is 0 Å². The monoisotopic (exact) mass is 290 g/mol. The van der Waals surface area contributed by atoms with Gasteiger partial charge in [-0.05, 0) is 50.5 Å². The van der Waals surface area contributed by atoms with Crippen LogP contribution in [0.2, 0.25) is 0 Å². The van der Waals surface area contributed by atoms with E-state index in [2.05, 4.69) is 21.7 Å². The highest BCUT2D eigenvalue weighted by Gasteiger charge is 2.29. The van der Waals surface area contributed by atoms with E-state index in [1.165, 1.54) is 63.0 Å². The summed E-state index contributed by atoms with van der Waals surface area (Å²) in [6.45, 7) is 4.16. The van der Waals surface area contributed by atoms with Crippen LogP contribution < -0.4 is 5.73 Å². The van der Waals surface area contributed by atoms with Crippen molar-refractivity contribution < 1.29 is 0 Å². The van der Waals surface area contributed by atoms with E-state index < -0.39 is 0 Å². The zero-order valence-electron chi connectivity index (χ0n) is 13.4. The molecule has 21 heavy (non-hydrogen) atoms. The van der Waals surface area contributed by atoms with Crippen LogP contribution in [0.25, 0.3) is 0 Å². The molecule has 1 unspecified atom stereocenters. The smallest absolute Gasteiger partial charge is 0.136 e. The van der Waals surface area contributed by atoms with E-state index in [0.717, 1.165) is 25.4 Å². The van der Waals surface area contributed by atoms with Crippen LogP contribution in [0.3, 0.4) is 0 Å². The van der Waals surface area contributed by atoms with Gasteiger partial charge in [-0.3, -0.25) is 0 Å². The molecule has 0 bridgehead atoms. The van der Waals surface area contributed by atoms with Crippen LogP contribution in [0.1, 0.15) is 75.9 Å². The lowest BCUT2D eigenvalue weighted by Crippen LogP contribution is -2.27. The molecular weight excluding hydrogens is 260 g/mol. The second-order valence-corrected chi connectivity index (χ2v) is 7.08. The van der Waals surface area contributed by atoms with Gasteiger partial charge < -0.3 is 10.3 Å². The number of unbranched alkanes of at least 4 members (excludes halogenated alkanes) is 1. The molecule has 0 aromatic carbocycles. The van der Waals surface area contributed by atoms with Crippen molar-refractivity contribution in [1.82, 2.24) is 14.8 Å². The predicted molar refractivity (Wildman–Crippen MR) is 85.1 cm³/mol. The maximum atomic E-state index is 5.81. The molecule has 3 rings (SSSR count). The summed E-state index contributed by atoms with van der Waals surface area (Å²) in [5.74, 6) is 4.68. The summed E-state index contributed by atoms with van der Waals surface area (Å²) in [7, 11) is 0. The first kappa shape index (κ1) is 15.0. The molecule has 1 aromatic heterocycles. The number of rotatable bonds is 5. The van der Waals surface area contributed by atoms with E-state index in [0.29, 0.717) is 11.8 Å². The van der Waals surface area contributed by atoms with Crippen molar-refractivity contribution in [2.24, 2.45) is 17.6 Å². The highest BCUT2D eigenvalue weighted by molar-refractivity contribution is 5.06. The highest BCUT2D eigenvalue weighted by atomic mass is 15.3. The van der Waals surface area contributed by atoms with Crippen molar-refractivity contribution in [1.29, 1.82) is 0 Å². The van der Waals surface area contributed by atoms with Gasteiger partial charge in [-0.25, -0.2) is 0 Å². The first-order valence-corrected chi connectivity index (χ1v) is 8.93. The Hall–Kier alpha value is -0.900. The fourth-order valence-corrected chi connectivity index (χ4v) is 4.12. The topological polar surface area (TPSA) is 56.7 Å². The molecule has 2 heterocycles. The lowest BCUT2D eigenvalue weighted by atomic mass is 9.79. The van der Waals surface area contributed by atoms with E-state index in [4.69, 9.17) is 5.73 Å². The number of hydrogen-bond acceptors (Lipinski definition) is 3. The van der Waals surface area contributed by atoms with Gasteiger partial charge in [-0.15, -0.1) is 10.2 Å². The first-order chi connectivity index (χ1) is 10.3. The Bertz CT molecular complexity index is 446. The first-order valence-electron chi connectivity index (χ1n) is 8.93. The normalized spacial score (nSPS) is 29.3. The fourth-order valence-electron chi connectivity index (χ4n) is 4.12. The number of nitrogens with zero attached hydrogens (tertiary/aromatic N) is 3. The van der Waals surface area contributed by atoms with Crippen molar-refractivity contribution in [3.05, 3.63) is 11.6 Å². The summed E-state index contributed by atoms with van der Waals surface area (Å²) in [6.07, 6.45) is 11.8. The van der Waals surface area contributed by atoms with E-state index >= 15 is 0 Å².